The summed E-state index contributed by atoms with van der Waals surface area (Å²) < 4.78 is 49.9. The minimum Gasteiger partial charge on any atom is -0.494 e. The van der Waals surface area contributed by atoms with Crippen LogP contribution in [-0.2, 0) is 11.0 Å². The second kappa shape index (κ2) is 11.5. The number of hydrogen-bond acceptors (Lipinski definition) is 6. The number of nitriles is 1. The van der Waals surface area contributed by atoms with Crippen LogP contribution in [0.2, 0.25) is 5.02 Å². The smallest absolute Gasteiger partial charge is 0.416 e. The van der Waals surface area contributed by atoms with Crippen LogP contribution in [0.3, 0.4) is 0 Å². The maximum atomic E-state index is 13.0. The summed E-state index contributed by atoms with van der Waals surface area (Å²) in [5, 5.41) is 23.7. The van der Waals surface area contributed by atoms with Crippen molar-refractivity contribution < 1.29 is 32.4 Å². The largest absolute Gasteiger partial charge is 0.494 e. The van der Waals surface area contributed by atoms with Crippen LogP contribution < -0.4 is 14.8 Å². The number of ether oxygens (including phenoxy) is 2. The lowest BCUT2D eigenvalue weighted by Crippen LogP contribution is -2.13. The summed E-state index contributed by atoms with van der Waals surface area (Å²) in [7, 11) is 0. The van der Waals surface area contributed by atoms with E-state index in [2.05, 4.69) is 5.32 Å². The van der Waals surface area contributed by atoms with E-state index in [1.165, 1.54) is 18.2 Å². The zero-order chi connectivity index (χ0) is 27.2. The van der Waals surface area contributed by atoms with Crippen molar-refractivity contribution in [2.45, 2.75) is 13.1 Å². The third-order valence-corrected chi connectivity index (χ3v) is 5.00. The molecule has 0 radical (unpaired) electrons. The number of carbonyl (C=O) groups excluding carboxylic acids is 1. The number of benzene rings is 3. The monoisotopic (exact) mass is 531 g/mol. The molecule has 3 rings (SSSR count). The number of anilines is 1. The van der Waals surface area contributed by atoms with Crippen molar-refractivity contribution >= 4 is 35.0 Å². The first-order chi connectivity index (χ1) is 17.5. The molecule has 0 aromatic heterocycles. The highest BCUT2D eigenvalue weighted by Crippen LogP contribution is 2.39. The minimum atomic E-state index is -4.80. The number of halogens is 4. The van der Waals surface area contributed by atoms with Crippen LogP contribution in [0.1, 0.15) is 18.1 Å². The third-order valence-electron chi connectivity index (χ3n) is 4.76. The Hall–Kier alpha value is -4.56. The van der Waals surface area contributed by atoms with Gasteiger partial charge in [0.15, 0.2) is 0 Å². The van der Waals surface area contributed by atoms with Crippen molar-refractivity contribution in [3.63, 3.8) is 0 Å². The average Bonchev–Trinajstić information content (AvgIpc) is 2.84. The molecule has 0 aliphatic heterocycles. The Balaban J connectivity index is 1.93. The van der Waals surface area contributed by atoms with Crippen molar-refractivity contribution in [3.8, 4) is 23.3 Å². The number of nitro benzene ring substituents is 1. The molecule has 37 heavy (non-hydrogen) atoms. The number of nitrogens with zero attached hydrogens (tertiary/aromatic N) is 2. The normalized spacial score (nSPS) is 11.4. The van der Waals surface area contributed by atoms with E-state index in [4.69, 9.17) is 21.1 Å². The number of alkyl halides is 3. The number of amides is 1. The predicted molar refractivity (Wildman–Crippen MR) is 129 cm³/mol. The summed E-state index contributed by atoms with van der Waals surface area (Å²) >= 11 is 6.04. The maximum Gasteiger partial charge on any atom is 0.416 e. The van der Waals surface area contributed by atoms with Gasteiger partial charge < -0.3 is 14.8 Å². The highest BCUT2D eigenvalue weighted by molar-refractivity contribution is 6.30. The molecule has 0 bridgehead atoms. The fourth-order valence-electron chi connectivity index (χ4n) is 3.07. The van der Waals surface area contributed by atoms with Gasteiger partial charge in [-0.1, -0.05) is 11.6 Å². The third kappa shape index (κ3) is 6.99. The minimum absolute atomic E-state index is 0.0834. The van der Waals surface area contributed by atoms with Crippen LogP contribution in [0.4, 0.5) is 24.5 Å². The van der Waals surface area contributed by atoms with Gasteiger partial charge >= 0.3 is 11.9 Å². The van der Waals surface area contributed by atoms with Gasteiger partial charge in [0.05, 0.1) is 17.1 Å². The van der Waals surface area contributed by atoms with Crippen LogP contribution in [0.5, 0.6) is 17.2 Å². The lowest BCUT2D eigenvalue weighted by Gasteiger charge is -2.12. The molecule has 0 atom stereocenters. The number of nitrogens with one attached hydrogen (secondary N) is 1. The molecule has 1 N–H and O–H groups in total. The molecule has 0 spiro atoms. The van der Waals surface area contributed by atoms with Crippen molar-refractivity contribution in [2.75, 3.05) is 11.9 Å². The van der Waals surface area contributed by atoms with Gasteiger partial charge in [0.1, 0.15) is 23.1 Å². The van der Waals surface area contributed by atoms with Crippen LogP contribution in [0.15, 0.2) is 66.2 Å². The van der Waals surface area contributed by atoms with Gasteiger partial charge in [-0.25, -0.2) is 0 Å². The molecule has 0 fully saturated rings. The van der Waals surface area contributed by atoms with Crippen molar-refractivity contribution in [1.82, 2.24) is 0 Å². The lowest BCUT2D eigenvalue weighted by molar-refractivity contribution is -0.385. The fraction of sp³-hybridized carbons (Fsp3) is 0.120. The SMILES string of the molecule is CCOc1ccc(NC(=O)/C(C#N)=C/c2cc(Cl)ccc2Oc2ccc(C(F)(F)F)cc2[N+](=O)[O-])cc1. The molecule has 8 nitrogen and oxygen atoms in total. The second-order valence-corrected chi connectivity index (χ2v) is 7.74. The van der Waals surface area contributed by atoms with E-state index in [1.807, 2.05) is 6.92 Å². The predicted octanol–water partition coefficient (Wildman–Crippen LogP) is 7.00. The molecular formula is C25H17ClF3N3O5. The van der Waals surface area contributed by atoms with Gasteiger partial charge in [-0.2, -0.15) is 18.4 Å². The Labute approximate surface area is 213 Å². The summed E-state index contributed by atoms with van der Waals surface area (Å²) in [5.41, 5.74) is -2.03. The van der Waals surface area contributed by atoms with E-state index in [-0.39, 0.29) is 21.9 Å². The average molecular weight is 532 g/mol. The number of carbonyl (C=O) groups is 1. The zero-order valence-electron chi connectivity index (χ0n) is 19.0. The first-order valence-electron chi connectivity index (χ1n) is 10.5. The number of rotatable bonds is 8. The Morgan fingerprint density at radius 3 is 2.41 bits per heavy atom. The molecule has 0 saturated heterocycles. The van der Waals surface area contributed by atoms with E-state index in [0.29, 0.717) is 30.2 Å². The Bertz CT molecular complexity index is 1400. The Kier molecular flexibility index (Phi) is 8.37. The van der Waals surface area contributed by atoms with Crippen molar-refractivity contribution in [3.05, 3.63) is 92.5 Å². The molecule has 0 aliphatic rings. The highest BCUT2D eigenvalue weighted by atomic mass is 35.5. The van der Waals surface area contributed by atoms with Crippen LogP contribution in [-0.4, -0.2) is 17.4 Å². The molecule has 0 saturated carbocycles. The topological polar surface area (TPSA) is 114 Å². The molecule has 190 valence electrons. The van der Waals surface area contributed by atoms with E-state index in [0.717, 1.165) is 12.1 Å². The fourth-order valence-corrected chi connectivity index (χ4v) is 3.25. The lowest BCUT2D eigenvalue weighted by atomic mass is 10.1. The van der Waals surface area contributed by atoms with Crippen LogP contribution in [0.25, 0.3) is 6.08 Å². The molecular weight excluding hydrogens is 515 g/mol. The van der Waals surface area contributed by atoms with Gasteiger partial charge in [0.2, 0.25) is 5.75 Å². The van der Waals surface area contributed by atoms with Crippen molar-refractivity contribution in [2.24, 2.45) is 0 Å². The summed E-state index contributed by atoms with van der Waals surface area (Å²) in [5.74, 6) is -0.742. The number of hydrogen-bond donors (Lipinski definition) is 1. The molecule has 0 heterocycles. The van der Waals surface area contributed by atoms with Gasteiger partial charge in [0.25, 0.3) is 5.91 Å². The quantitative estimate of drug-likeness (QED) is 0.145. The maximum absolute atomic E-state index is 13.0. The number of nitro groups is 1. The molecule has 0 unspecified atom stereocenters. The first kappa shape index (κ1) is 27.0. The van der Waals surface area contributed by atoms with E-state index in [1.54, 1.807) is 30.3 Å². The summed E-state index contributed by atoms with van der Waals surface area (Å²) in [4.78, 5) is 23.1. The Morgan fingerprint density at radius 1 is 1.14 bits per heavy atom. The van der Waals surface area contributed by atoms with Gasteiger partial charge in [-0.3, -0.25) is 14.9 Å². The molecule has 3 aromatic carbocycles. The Morgan fingerprint density at radius 2 is 1.81 bits per heavy atom. The van der Waals surface area contributed by atoms with Gasteiger partial charge in [-0.05, 0) is 67.6 Å². The standard InChI is InChI=1S/C25H17ClF3N3O5/c1-2-36-20-7-5-19(6-8-20)31-24(33)16(14-30)11-15-12-18(26)4-10-22(15)37-23-9-3-17(25(27,28)29)13-21(23)32(34)35/h3-13H,2H2,1H3,(H,31,33)/b16-11+. The van der Waals surface area contributed by atoms with Crippen molar-refractivity contribution in [1.29, 1.82) is 5.26 Å². The summed E-state index contributed by atoms with van der Waals surface area (Å²) in [6.07, 6.45) is -3.66. The van der Waals surface area contributed by atoms with Gasteiger partial charge in [0, 0.05) is 22.3 Å². The molecule has 12 heteroatoms. The molecule has 0 aliphatic carbocycles. The summed E-state index contributed by atoms with van der Waals surface area (Å²) in [6.45, 7) is 2.29. The van der Waals surface area contributed by atoms with Crippen LogP contribution >= 0.6 is 11.6 Å². The first-order valence-corrected chi connectivity index (χ1v) is 10.9. The van der Waals surface area contributed by atoms with E-state index in [9.17, 15) is 33.3 Å². The van der Waals surface area contributed by atoms with Crippen LogP contribution in [0, 0.1) is 21.4 Å². The molecule has 1 amide bonds. The van der Waals surface area contributed by atoms with E-state index >= 15 is 0 Å². The van der Waals surface area contributed by atoms with E-state index < -0.39 is 34.0 Å². The zero-order valence-corrected chi connectivity index (χ0v) is 19.8. The molecule has 3 aromatic rings. The van der Waals surface area contributed by atoms with Gasteiger partial charge in [-0.15, -0.1) is 0 Å². The highest BCUT2D eigenvalue weighted by Gasteiger charge is 2.33. The summed E-state index contributed by atoms with van der Waals surface area (Å²) in [6, 6.07) is 14.0. The second-order valence-electron chi connectivity index (χ2n) is 7.30.